The van der Waals surface area contributed by atoms with Crippen molar-refractivity contribution >= 4 is 0 Å². The average molecular weight is 100 g/mol. The topological polar surface area (TPSA) is 20.2 Å². The molecule has 0 radical (unpaired) electrons. The van der Waals surface area contributed by atoms with E-state index in [0.717, 1.165) is 5.92 Å². The van der Waals surface area contributed by atoms with E-state index < -0.39 is 0 Å². The second-order valence-corrected chi connectivity index (χ2v) is 2.62. The van der Waals surface area contributed by atoms with Crippen molar-refractivity contribution < 1.29 is 5.11 Å². The molecule has 1 aliphatic rings. The maximum Gasteiger partial charge on any atom is 0.0542 e. The molecule has 0 aromatic rings. The van der Waals surface area contributed by atoms with Gasteiger partial charge in [-0.2, -0.15) is 0 Å². The fourth-order valence-electron chi connectivity index (χ4n) is 1.02. The van der Waals surface area contributed by atoms with Crippen LogP contribution in [-0.4, -0.2) is 11.2 Å². The molecule has 7 heavy (non-hydrogen) atoms. The molecule has 0 aromatic heterocycles. The van der Waals surface area contributed by atoms with E-state index in [0.29, 0.717) is 5.92 Å². The predicted molar refractivity (Wildman–Crippen MR) is 29.0 cm³/mol. The molecule has 1 rings (SSSR count). The predicted octanol–water partition coefficient (Wildman–Crippen LogP) is 1.02. The Morgan fingerprint density at radius 2 is 2.14 bits per heavy atom. The molecule has 0 amide bonds. The lowest BCUT2D eigenvalue weighted by Gasteiger charge is -1.96. The summed E-state index contributed by atoms with van der Waals surface area (Å²) in [6.07, 6.45) is 1.17. The summed E-state index contributed by atoms with van der Waals surface area (Å²) < 4.78 is 0. The van der Waals surface area contributed by atoms with Crippen molar-refractivity contribution in [2.24, 2.45) is 11.8 Å². The lowest BCUT2D eigenvalue weighted by Crippen LogP contribution is -2.02. The number of aliphatic hydroxyl groups is 1. The molecule has 0 spiro atoms. The van der Waals surface area contributed by atoms with Crippen LogP contribution in [0.15, 0.2) is 0 Å². The Balaban J connectivity index is 2.20. The molecule has 0 saturated heterocycles. The zero-order valence-electron chi connectivity index (χ0n) is 4.89. The van der Waals surface area contributed by atoms with Crippen LogP contribution in [0.5, 0.6) is 0 Å². The van der Waals surface area contributed by atoms with Crippen molar-refractivity contribution in [2.45, 2.75) is 26.4 Å². The summed E-state index contributed by atoms with van der Waals surface area (Å²) in [5, 5.41) is 8.86. The summed E-state index contributed by atoms with van der Waals surface area (Å²) in [4.78, 5) is 0. The van der Waals surface area contributed by atoms with E-state index in [1.807, 2.05) is 6.92 Å². The van der Waals surface area contributed by atoms with Crippen LogP contribution in [0.3, 0.4) is 0 Å². The minimum absolute atomic E-state index is 0.0602. The van der Waals surface area contributed by atoms with Crippen molar-refractivity contribution in [1.82, 2.24) is 0 Å². The maximum atomic E-state index is 8.86. The van der Waals surface area contributed by atoms with Gasteiger partial charge < -0.3 is 5.11 Å². The Kier molecular flexibility index (Phi) is 1.08. The van der Waals surface area contributed by atoms with Crippen LogP contribution in [0.4, 0.5) is 0 Å². The lowest BCUT2D eigenvalue weighted by molar-refractivity contribution is 0.165. The second-order valence-electron chi connectivity index (χ2n) is 2.62. The van der Waals surface area contributed by atoms with E-state index in [1.165, 1.54) is 6.42 Å². The molecule has 1 N–H and O–H groups in total. The molecule has 1 aliphatic carbocycles. The molecular formula is C6H12O. The van der Waals surface area contributed by atoms with Crippen LogP contribution in [0.25, 0.3) is 0 Å². The zero-order valence-corrected chi connectivity index (χ0v) is 4.89. The number of hydrogen-bond donors (Lipinski definition) is 1. The van der Waals surface area contributed by atoms with Gasteiger partial charge in [0.25, 0.3) is 0 Å². The smallest absolute Gasteiger partial charge is 0.0542 e. The van der Waals surface area contributed by atoms with Crippen molar-refractivity contribution in [3.05, 3.63) is 0 Å². The molecule has 42 valence electrons. The van der Waals surface area contributed by atoms with Crippen LogP contribution in [0.2, 0.25) is 0 Å². The average Bonchev–Trinajstić information content (AvgIpc) is 2.17. The molecule has 1 fully saturated rings. The van der Waals surface area contributed by atoms with Gasteiger partial charge in [-0.1, -0.05) is 6.92 Å². The first kappa shape index (κ1) is 5.10. The van der Waals surface area contributed by atoms with Crippen molar-refractivity contribution in [1.29, 1.82) is 0 Å². The summed E-state index contributed by atoms with van der Waals surface area (Å²) in [5.74, 6) is 1.42. The van der Waals surface area contributed by atoms with Crippen molar-refractivity contribution in [3.8, 4) is 0 Å². The minimum atomic E-state index is -0.0602. The van der Waals surface area contributed by atoms with Gasteiger partial charge in [0, 0.05) is 0 Å². The molecule has 0 aliphatic heterocycles. The third-order valence-electron chi connectivity index (χ3n) is 1.79. The molecule has 1 unspecified atom stereocenters. The molecular weight excluding hydrogens is 88.1 g/mol. The van der Waals surface area contributed by atoms with Gasteiger partial charge in [0.2, 0.25) is 0 Å². The Morgan fingerprint density at radius 3 is 2.14 bits per heavy atom. The van der Waals surface area contributed by atoms with Gasteiger partial charge >= 0.3 is 0 Å². The highest BCUT2D eigenvalue weighted by molar-refractivity contribution is 4.85. The van der Waals surface area contributed by atoms with E-state index in [-0.39, 0.29) is 6.10 Å². The Labute approximate surface area is 44.4 Å². The lowest BCUT2D eigenvalue weighted by atomic mass is 10.2. The van der Waals surface area contributed by atoms with E-state index in [4.69, 9.17) is 5.11 Å². The number of rotatable bonds is 1. The molecule has 1 saturated carbocycles. The molecule has 1 nitrogen and oxygen atoms in total. The summed E-state index contributed by atoms with van der Waals surface area (Å²) in [6, 6.07) is 0. The zero-order chi connectivity index (χ0) is 5.44. The first-order valence-electron chi connectivity index (χ1n) is 2.90. The first-order chi connectivity index (χ1) is 3.22. The van der Waals surface area contributed by atoms with E-state index in [1.54, 1.807) is 0 Å². The van der Waals surface area contributed by atoms with Crippen LogP contribution < -0.4 is 0 Å². The van der Waals surface area contributed by atoms with Gasteiger partial charge in [0.05, 0.1) is 6.10 Å². The number of hydrogen-bond acceptors (Lipinski definition) is 1. The molecule has 0 heterocycles. The SMILES string of the molecule is CC(O)[C@H]1C[C@@H]1C. The molecule has 3 atom stereocenters. The van der Waals surface area contributed by atoms with Gasteiger partial charge in [-0.15, -0.1) is 0 Å². The monoisotopic (exact) mass is 100 g/mol. The maximum absolute atomic E-state index is 8.86. The first-order valence-corrected chi connectivity index (χ1v) is 2.90. The fraction of sp³-hybridized carbons (Fsp3) is 1.00. The van der Waals surface area contributed by atoms with Crippen LogP contribution >= 0.6 is 0 Å². The van der Waals surface area contributed by atoms with E-state index >= 15 is 0 Å². The van der Waals surface area contributed by atoms with Crippen LogP contribution in [0.1, 0.15) is 20.3 Å². The van der Waals surface area contributed by atoms with Crippen LogP contribution in [0, 0.1) is 11.8 Å². The highest BCUT2D eigenvalue weighted by Crippen LogP contribution is 2.40. The van der Waals surface area contributed by atoms with Crippen molar-refractivity contribution in [2.75, 3.05) is 0 Å². The summed E-state index contributed by atoms with van der Waals surface area (Å²) in [7, 11) is 0. The normalized spacial score (nSPS) is 43.3. The second kappa shape index (κ2) is 1.48. The molecule has 0 bridgehead atoms. The van der Waals surface area contributed by atoms with Crippen molar-refractivity contribution in [3.63, 3.8) is 0 Å². The summed E-state index contributed by atoms with van der Waals surface area (Å²) >= 11 is 0. The molecule has 0 aromatic carbocycles. The summed E-state index contributed by atoms with van der Waals surface area (Å²) in [6.45, 7) is 4.05. The Morgan fingerprint density at radius 1 is 1.71 bits per heavy atom. The van der Waals surface area contributed by atoms with Gasteiger partial charge in [0.15, 0.2) is 0 Å². The minimum Gasteiger partial charge on any atom is -0.393 e. The standard InChI is InChI=1S/C6H12O/c1-4-3-6(4)5(2)7/h4-7H,3H2,1-2H3/t4-,5?,6-/m0/s1. The quantitative estimate of drug-likeness (QED) is 0.521. The van der Waals surface area contributed by atoms with Crippen LogP contribution in [-0.2, 0) is 0 Å². The van der Waals surface area contributed by atoms with E-state index in [9.17, 15) is 0 Å². The number of aliphatic hydroxyl groups excluding tert-OH is 1. The largest absolute Gasteiger partial charge is 0.393 e. The highest BCUT2D eigenvalue weighted by Gasteiger charge is 2.35. The van der Waals surface area contributed by atoms with Gasteiger partial charge in [-0.05, 0) is 25.2 Å². The Hall–Kier alpha value is -0.0400. The molecule has 1 heteroatoms. The summed E-state index contributed by atoms with van der Waals surface area (Å²) in [5.41, 5.74) is 0. The Bertz CT molecular complexity index is 68.6. The third kappa shape index (κ3) is 0.942. The third-order valence-corrected chi connectivity index (χ3v) is 1.79. The van der Waals surface area contributed by atoms with E-state index in [2.05, 4.69) is 6.92 Å². The highest BCUT2D eigenvalue weighted by atomic mass is 16.3. The fourth-order valence-corrected chi connectivity index (χ4v) is 1.02. The van der Waals surface area contributed by atoms with Gasteiger partial charge in [0.1, 0.15) is 0 Å². The van der Waals surface area contributed by atoms with Gasteiger partial charge in [-0.25, -0.2) is 0 Å². The van der Waals surface area contributed by atoms with Gasteiger partial charge in [-0.3, -0.25) is 0 Å².